The molecule has 25 heavy (non-hydrogen) atoms. The molecule has 0 aliphatic carbocycles. The van der Waals surface area contributed by atoms with Crippen LogP contribution in [0.3, 0.4) is 0 Å². The van der Waals surface area contributed by atoms with Gasteiger partial charge in [0.25, 0.3) is 0 Å². The van der Waals surface area contributed by atoms with Gasteiger partial charge in [0.2, 0.25) is 0 Å². The third-order valence-electron chi connectivity index (χ3n) is 4.48. The molecule has 6 nitrogen and oxygen atoms in total. The highest BCUT2D eigenvalue weighted by atomic mass is 15.3. The minimum Gasteiger partial charge on any atom is -0.383 e. The number of para-hydroxylation sites is 1. The monoisotopic (exact) mass is 334 g/mol. The zero-order valence-electron chi connectivity index (χ0n) is 14.7. The summed E-state index contributed by atoms with van der Waals surface area (Å²) in [6.45, 7) is 7.46. The van der Waals surface area contributed by atoms with Crippen LogP contribution in [-0.4, -0.2) is 24.7 Å². The van der Waals surface area contributed by atoms with Crippen LogP contribution in [0.4, 0.5) is 5.82 Å². The largest absolute Gasteiger partial charge is 0.383 e. The molecular weight excluding hydrogens is 312 g/mol. The second-order valence-electron chi connectivity index (χ2n) is 7.59. The quantitative estimate of drug-likeness (QED) is 0.593. The standard InChI is InChI=1S/C19H22N6/c1-19(2,3)8-9-25-18-15(17(20)22-11-23-18)16(24-25)13-10-21-14-7-5-4-6-12(13)14/h4-7,10-11,21H,8-9H2,1-3H3,(H2,20,22,23). The Balaban J connectivity index is 1.92. The molecule has 0 aliphatic heterocycles. The van der Waals surface area contributed by atoms with E-state index in [1.165, 1.54) is 6.33 Å². The molecule has 0 fully saturated rings. The van der Waals surface area contributed by atoms with Crippen molar-refractivity contribution in [2.24, 2.45) is 5.41 Å². The number of fused-ring (bicyclic) bond motifs is 2. The van der Waals surface area contributed by atoms with Gasteiger partial charge >= 0.3 is 0 Å². The number of aromatic amines is 1. The van der Waals surface area contributed by atoms with E-state index in [-0.39, 0.29) is 5.41 Å². The summed E-state index contributed by atoms with van der Waals surface area (Å²) in [5.74, 6) is 0.465. The van der Waals surface area contributed by atoms with Crippen molar-refractivity contribution in [3.8, 4) is 11.3 Å². The number of nitrogens with two attached hydrogens (primary N) is 1. The molecule has 3 aromatic heterocycles. The third-order valence-corrected chi connectivity index (χ3v) is 4.48. The number of nitrogen functional groups attached to an aromatic ring is 1. The molecule has 1 aromatic carbocycles. The predicted molar refractivity (Wildman–Crippen MR) is 101 cm³/mol. The van der Waals surface area contributed by atoms with Crippen LogP contribution >= 0.6 is 0 Å². The molecule has 4 aromatic rings. The summed E-state index contributed by atoms with van der Waals surface area (Å²) in [6, 6.07) is 8.18. The van der Waals surface area contributed by atoms with Crippen LogP contribution in [0.1, 0.15) is 27.2 Å². The highest BCUT2D eigenvalue weighted by molar-refractivity contribution is 6.05. The maximum absolute atomic E-state index is 6.19. The summed E-state index contributed by atoms with van der Waals surface area (Å²) < 4.78 is 1.95. The Morgan fingerprint density at radius 1 is 1.16 bits per heavy atom. The number of hydrogen-bond donors (Lipinski definition) is 2. The summed E-state index contributed by atoms with van der Waals surface area (Å²) in [5, 5.41) is 6.80. The number of aromatic nitrogens is 5. The van der Waals surface area contributed by atoms with Crippen molar-refractivity contribution in [1.29, 1.82) is 0 Å². The summed E-state index contributed by atoms with van der Waals surface area (Å²) in [7, 11) is 0. The minimum atomic E-state index is 0.220. The van der Waals surface area contributed by atoms with Gasteiger partial charge in [0.05, 0.1) is 5.39 Å². The van der Waals surface area contributed by atoms with E-state index in [1.807, 2.05) is 23.0 Å². The summed E-state index contributed by atoms with van der Waals surface area (Å²) in [6.07, 6.45) is 4.49. The van der Waals surface area contributed by atoms with Crippen molar-refractivity contribution in [2.75, 3.05) is 5.73 Å². The number of rotatable bonds is 3. The topological polar surface area (TPSA) is 85.4 Å². The van der Waals surface area contributed by atoms with E-state index in [0.29, 0.717) is 5.82 Å². The maximum Gasteiger partial charge on any atom is 0.163 e. The molecule has 0 bridgehead atoms. The molecule has 0 saturated carbocycles. The smallest absolute Gasteiger partial charge is 0.163 e. The number of nitrogens with one attached hydrogen (secondary N) is 1. The van der Waals surface area contributed by atoms with Crippen molar-refractivity contribution in [2.45, 2.75) is 33.7 Å². The van der Waals surface area contributed by atoms with Gasteiger partial charge in [-0.3, -0.25) is 0 Å². The molecule has 0 amide bonds. The highest BCUT2D eigenvalue weighted by Gasteiger charge is 2.20. The Kier molecular flexibility index (Phi) is 3.49. The fourth-order valence-electron chi connectivity index (χ4n) is 3.08. The van der Waals surface area contributed by atoms with Crippen LogP contribution in [0.15, 0.2) is 36.8 Å². The van der Waals surface area contributed by atoms with E-state index >= 15 is 0 Å². The molecule has 0 spiro atoms. The number of aryl methyl sites for hydroxylation is 1. The Labute approximate surface area is 146 Å². The van der Waals surface area contributed by atoms with Gasteiger partial charge < -0.3 is 10.7 Å². The van der Waals surface area contributed by atoms with Gasteiger partial charge in [-0.15, -0.1) is 0 Å². The molecule has 0 unspecified atom stereocenters. The lowest BCUT2D eigenvalue weighted by Gasteiger charge is -2.17. The van der Waals surface area contributed by atoms with Crippen molar-refractivity contribution in [3.05, 3.63) is 36.8 Å². The second kappa shape index (κ2) is 5.58. The van der Waals surface area contributed by atoms with E-state index in [0.717, 1.165) is 46.2 Å². The molecule has 0 atom stereocenters. The lowest BCUT2D eigenvalue weighted by Crippen LogP contribution is -2.11. The van der Waals surface area contributed by atoms with E-state index in [1.54, 1.807) is 0 Å². The fourth-order valence-corrected chi connectivity index (χ4v) is 3.08. The highest BCUT2D eigenvalue weighted by Crippen LogP contribution is 2.35. The van der Waals surface area contributed by atoms with Crippen molar-refractivity contribution in [3.63, 3.8) is 0 Å². The molecule has 3 heterocycles. The Bertz CT molecular complexity index is 1050. The summed E-state index contributed by atoms with van der Waals surface area (Å²) in [5.41, 5.74) is 10.1. The Hall–Kier alpha value is -2.89. The van der Waals surface area contributed by atoms with Gasteiger partial charge in [-0.2, -0.15) is 5.10 Å². The van der Waals surface area contributed by atoms with Gasteiger partial charge in [-0.1, -0.05) is 39.0 Å². The minimum absolute atomic E-state index is 0.220. The van der Waals surface area contributed by atoms with Crippen molar-refractivity contribution >= 4 is 27.8 Å². The number of benzene rings is 1. The van der Waals surface area contributed by atoms with Gasteiger partial charge in [0, 0.05) is 29.2 Å². The first-order valence-corrected chi connectivity index (χ1v) is 8.47. The van der Waals surface area contributed by atoms with Gasteiger partial charge in [0.15, 0.2) is 5.65 Å². The fraction of sp³-hybridized carbons (Fsp3) is 0.316. The maximum atomic E-state index is 6.19. The molecule has 0 aliphatic rings. The van der Waals surface area contributed by atoms with Gasteiger partial charge in [-0.05, 0) is 17.9 Å². The lowest BCUT2D eigenvalue weighted by atomic mass is 9.92. The van der Waals surface area contributed by atoms with Gasteiger partial charge in [-0.25, -0.2) is 14.6 Å². The molecule has 4 rings (SSSR count). The number of nitrogens with zero attached hydrogens (tertiary/aromatic N) is 4. The van der Waals surface area contributed by atoms with E-state index in [9.17, 15) is 0 Å². The number of anilines is 1. The second-order valence-corrected chi connectivity index (χ2v) is 7.59. The first-order valence-electron chi connectivity index (χ1n) is 8.47. The zero-order valence-corrected chi connectivity index (χ0v) is 14.7. The number of H-pyrrole nitrogens is 1. The Morgan fingerprint density at radius 3 is 2.76 bits per heavy atom. The average Bonchev–Trinajstić information content (AvgIpc) is 3.14. The van der Waals surface area contributed by atoms with Crippen molar-refractivity contribution in [1.82, 2.24) is 24.7 Å². The van der Waals surface area contributed by atoms with Gasteiger partial charge in [0.1, 0.15) is 17.8 Å². The molecule has 6 heteroatoms. The van der Waals surface area contributed by atoms with Crippen molar-refractivity contribution < 1.29 is 0 Å². The molecule has 0 radical (unpaired) electrons. The molecule has 3 N–H and O–H groups in total. The SMILES string of the molecule is CC(C)(C)CCn1nc(-c2c[nH]c3ccccc23)c2c(N)ncnc21. The Morgan fingerprint density at radius 2 is 1.96 bits per heavy atom. The molecule has 0 saturated heterocycles. The summed E-state index contributed by atoms with van der Waals surface area (Å²) >= 11 is 0. The van der Waals surface area contributed by atoms with E-state index in [2.05, 4.69) is 47.9 Å². The normalized spacial score (nSPS) is 12.3. The van der Waals surface area contributed by atoms with E-state index < -0.39 is 0 Å². The third kappa shape index (κ3) is 2.73. The van der Waals surface area contributed by atoms with E-state index in [4.69, 9.17) is 10.8 Å². The predicted octanol–water partition coefficient (Wildman–Crippen LogP) is 3.99. The van der Waals surface area contributed by atoms with Crippen LogP contribution in [-0.2, 0) is 6.54 Å². The zero-order chi connectivity index (χ0) is 17.6. The van der Waals surface area contributed by atoms with Crippen LogP contribution < -0.4 is 5.73 Å². The van der Waals surface area contributed by atoms with Crippen LogP contribution in [0.5, 0.6) is 0 Å². The average molecular weight is 334 g/mol. The molecule has 128 valence electrons. The number of hydrogen-bond acceptors (Lipinski definition) is 4. The van der Waals surface area contributed by atoms with Crippen LogP contribution in [0.2, 0.25) is 0 Å². The first kappa shape index (κ1) is 15.6. The lowest BCUT2D eigenvalue weighted by molar-refractivity contribution is 0.344. The van der Waals surface area contributed by atoms with Crippen LogP contribution in [0, 0.1) is 5.41 Å². The molecular formula is C19H22N6. The summed E-state index contributed by atoms with van der Waals surface area (Å²) in [4.78, 5) is 11.9. The first-order chi connectivity index (χ1) is 11.9. The van der Waals surface area contributed by atoms with Crippen LogP contribution in [0.25, 0.3) is 33.2 Å².